The number of carbonyl (C=O) groups excluding carboxylic acids is 3. The molecule has 8 atom stereocenters. The van der Waals surface area contributed by atoms with E-state index in [4.69, 9.17) is 0 Å². The minimum Gasteiger partial charge on any atom is -0.393 e. The second-order valence-electron chi connectivity index (χ2n) is 9.86. The van der Waals surface area contributed by atoms with Crippen LogP contribution >= 0.6 is 0 Å². The highest BCUT2D eigenvalue weighted by Gasteiger charge is 2.69. The Labute approximate surface area is 165 Å². The summed E-state index contributed by atoms with van der Waals surface area (Å²) in [5, 5.41) is 31.8. The van der Waals surface area contributed by atoms with Crippen molar-refractivity contribution in [2.45, 2.75) is 64.6 Å². The summed E-state index contributed by atoms with van der Waals surface area (Å²) < 4.78 is 0. The van der Waals surface area contributed by atoms with E-state index in [1.54, 1.807) is 13.0 Å². The summed E-state index contributed by atoms with van der Waals surface area (Å²) in [6, 6.07) is 0. The molecule has 1 unspecified atom stereocenters. The number of hydrogen-bond donors (Lipinski definition) is 3. The number of carbonyl (C=O) groups is 3. The monoisotopic (exact) mass is 390 g/mol. The van der Waals surface area contributed by atoms with E-state index >= 15 is 0 Å². The molecule has 28 heavy (non-hydrogen) atoms. The Morgan fingerprint density at radius 2 is 1.93 bits per heavy atom. The fraction of sp³-hybridized carbons (Fsp3) is 0.773. The lowest BCUT2D eigenvalue weighted by molar-refractivity contribution is -0.184. The fourth-order valence-electron chi connectivity index (χ4n) is 7.38. The van der Waals surface area contributed by atoms with Crippen LogP contribution in [-0.2, 0) is 14.4 Å². The van der Waals surface area contributed by atoms with E-state index in [-0.39, 0.29) is 42.2 Å². The Kier molecular flexibility index (Phi) is 4.32. The zero-order chi connectivity index (χ0) is 20.6. The van der Waals surface area contributed by atoms with Crippen molar-refractivity contribution in [2.75, 3.05) is 6.61 Å². The normalized spacial score (nSPS) is 50.5. The first-order chi connectivity index (χ1) is 13.0. The molecule has 0 saturated heterocycles. The summed E-state index contributed by atoms with van der Waals surface area (Å²) in [5.41, 5.74) is -2.53. The molecule has 0 aromatic carbocycles. The molecule has 0 bridgehead atoms. The number of aliphatic hydroxyl groups excluding tert-OH is 2. The van der Waals surface area contributed by atoms with Crippen molar-refractivity contribution in [3.05, 3.63) is 11.6 Å². The van der Waals surface area contributed by atoms with Crippen LogP contribution in [0.5, 0.6) is 0 Å². The Bertz CT molecular complexity index is 786. The third-order valence-electron chi connectivity index (χ3n) is 8.94. The van der Waals surface area contributed by atoms with Crippen molar-refractivity contribution in [3.8, 4) is 0 Å². The zero-order valence-corrected chi connectivity index (χ0v) is 16.8. The highest BCUT2D eigenvalue weighted by atomic mass is 16.3. The van der Waals surface area contributed by atoms with Crippen LogP contribution in [-0.4, -0.2) is 51.0 Å². The molecule has 4 aliphatic rings. The molecule has 3 fully saturated rings. The topological polar surface area (TPSA) is 112 Å². The van der Waals surface area contributed by atoms with Gasteiger partial charge in [0, 0.05) is 11.3 Å². The maximum absolute atomic E-state index is 13.2. The van der Waals surface area contributed by atoms with Gasteiger partial charge in [-0.15, -0.1) is 0 Å². The average Bonchev–Trinajstić information content (AvgIpc) is 2.92. The first kappa shape index (κ1) is 19.9. The summed E-state index contributed by atoms with van der Waals surface area (Å²) in [4.78, 5) is 37.9. The first-order valence-electron chi connectivity index (χ1n) is 10.4. The molecule has 3 N–H and O–H groups in total. The average molecular weight is 390 g/mol. The predicted molar refractivity (Wildman–Crippen MR) is 100 cm³/mol. The molecule has 4 aliphatic carbocycles. The maximum atomic E-state index is 13.2. The molecule has 4 rings (SSSR count). The number of hydrogen-bond acceptors (Lipinski definition) is 6. The zero-order valence-electron chi connectivity index (χ0n) is 16.8. The van der Waals surface area contributed by atoms with Gasteiger partial charge in [0.25, 0.3) is 0 Å². The van der Waals surface area contributed by atoms with Gasteiger partial charge in [0.15, 0.2) is 17.3 Å². The van der Waals surface area contributed by atoms with E-state index in [0.29, 0.717) is 12.8 Å². The Morgan fingerprint density at radius 3 is 2.57 bits per heavy atom. The first-order valence-corrected chi connectivity index (χ1v) is 10.4. The maximum Gasteiger partial charge on any atom is 0.190 e. The lowest BCUT2D eigenvalue weighted by Gasteiger charge is -2.60. The van der Waals surface area contributed by atoms with Crippen molar-refractivity contribution in [1.82, 2.24) is 0 Å². The summed E-state index contributed by atoms with van der Waals surface area (Å²) in [6.07, 6.45) is 3.20. The van der Waals surface area contributed by atoms with E-state index in [1.807, 2.05) is 13.8 Å². The Hall–Kier alpha value is -1.37. The van der Waals surface area contributed by atoms with Crippen LogP contribution in [0, 0.1) is 34.5 Å². The largest absolute Gasteiger partial charge is 0.393 e. The van der Waals surface area contributed by atoms with Crippen LogP contribution in [0.15, 0.2) is 11.6 Å². The lowest BCUT2D eigenvalue weighted by Crippen LogP contribution is -2.63. The number of ketones is 3. The van der Waals surface area contributed by atoms with Crippen LogP contribution in [0.3, 0.4) is 0 Å². The smallest absolute Gasteiger partial charge is 0.190 e. The van der Waals surface area contributed by atoms with E-state index in [2.05, 4.69) is 0 Å². The molecule has 6 heteroatoms. The third kappa shape index (κ3) is 2.17. The predicted octanol–water partition coefficient (Wildman–Crippen LogP) is 1.21. The molecule has 0 radical (unpaired) electrons. The molecular weight excluding hydrogens is 360 g/mol. The van der Waals surface area contributed by atoms with Crippen molar-refractivity contribution in [1.29, 1.82) is 0 Å². The van der Waals surface area contributed by atoms with E-state index in [9.17, 15) is 29.7 Å². The van der Waals surface area contributed by atoms with Gasteiger partial charge in [-0.2, -0.15) is 0 Å². The number of rotatable bonds is 2. The van der Waals surface area contributed by atoms with Gasteiger partial charge in [0.2, 0.25) is 0 Å². The Morgan fingerprint density at radius 1 is 1.25 bits per heavy atom. The lowest BCUT2D eigenvalue weighted by atomic mass is 9.44. The minimum atomic E-state index is -1.64. The van der Waals surface area contributed by atoms with Crippen LogP contribution in [0.4, 0.5) is 0 Å². The quantitative estimate of drug-likeness (QED) is 0.611. The van der Waals surface area contributed by atoms with Crippen LogP contribution < -0.4 is 0 Å². The van der Waals surface area contributed by atoms with Gasteiger partial charge in [0.05, 0.1) is 17.4 Å². The number of allylic oxidation sites excluding steroid dienone is 1. The summed E-state index contributed by atoms with van der Waals surface area (Å²) >= 11 is 0. The van der Waals surface area contributed by atoms with Gasteiger partial charge in [-0.1, -0.05) is 12.5 Å². The van der Waals surface area contributed by atoms with Gasteiger partial charge in [-0.05, 0) is 63.9 Å². The number of Topliss-reactive ketones (excluding diaryl/α,β-unsaturated/α-hetero) is 2. The minimum absolute atomic E-state index is 0.0132. The van der Waals surface area contributed by atoms with Crippen molar-refractivity contribution < 1.29 is 29.7 Å². The second kappa shape index (κ2) is 6.07. The summed E-state index contributed by atoms with van der Waals surface area (Å²) in [6.45, 7) is 4.64. The molecule has 0 aromatic rings. The fourth-order valence-corrected chi connectivity index (χ4v) is 7.38. The van der Waals surface area contributed by atoms with E-state index in [1.165, 1.54) is 0 Å². The van der Waals surface area contributed by atoms with Crippen molar-refractivity contribution in [2.24, 2.45) is 34.5 Å². The molecule has 0 spiro atoms. The second-order valence-corrected chi connectivity index (χ2v) is 9.86. The molecule has 0 aliphatic heterocycles. The van der Waals surface area contributed by atoms with Crippen LogP contribution in [0.2, 0.25) is 0 Å². The van der Waals surface area contributed by atoms with E-state index in [0.717, 1.165) is 12.0 Å². The highest BCUT2D eigenvalue weighted by molar-refractivity contribution is 6.13. The number of fused-ring (bicyclic) bond motifs is 5. The summed E-state index contributed by atoms with van der Waals surface area (Å²) in [5.74, 6) is -1.91. The molecule has 0 heterocycles. The standard InChI is InChI=1S/C22H30O6/c1-11-15(24)8-12-4-5-13-14-6-7-22(28,17(26)10-23)20(14,2)9-16(25)18(13)21(12,3)19(11)27/h8,11,13-14,16,18,23,25,28H,4-7,9-10H2,1-3H3/t11?,13-,14-,16-,18+,20-,21-,22-/m0/s1. The molecule has 0 aromatic heterocycles. The van der Waals surface area contributed by atoms with Gasteiger partial charge < -0.3 is 15.3 Å². The van der Waals surface area contributed by atoms with Crippen LogP contribution in [0.1, 0.15) is 52.9 Å². The summed E-state index contributed by atoms with van der Waals surface area (Å²) in [7, 11) is 0. The van der Waals surface area contributed by atoms with Gasteiger partial charge in [-0.3, -0.25) is 14.4 Å². The van der Waals surface area contributed by atoms with Crippen molar-refractivity contribution in [3.63, 3.8) is 0 Å². The molecule has 3 saturated carbocycles. The molecule has 6 nitrogen and oxygen atoms in total. The van der Waals surface area contributed by atoms with Gasteiger partial charge in [-0.25, -0.2) is 0 Å². The Balaban J connectivity index is 1.78. The van der Waals surface area contributed by atoms with Gasteiger partial charge in [0.1, 0.15) is 12.2 Å². The van der Waals surface area contributed by atoms with Crippen molar-refractivity contribution >= 4 is 17.3 Å². The molecule has 0 amide bonds. The number of aliphatic hydroxyl groups is 3. The van der Waals surface area contributed by atoms with E-state index < -0.39 is 40.8 Å². The third-order valence-corrected chi connectivity index (χ3v) is 8.94. The SMILES string of the molecule is CC1C(=O)C=C2CC[C@@H]3[C@H]([C@@H](O)C[C@@]4(C)[C@H]3CC[C@]4(O)C(=O)CO)[C@@]2(C)C1=O. The van der Waals surface area contributed by atoms with Crippen LogP contribution in [0.25, 0.3) is 0 Å². The highest BCUT2D eigenvalue weighted by Crippen LogP contribution is 2.67. The van der Waals surface area contributed by atoms with Gasteiger partial charge >= 0.3 is 0 Å². The molecular formula is C22H30O6. The molecule has 154 valence electrons.